The molecule has 0 saturated carbocycles. The molecule has 0 aliphatic carbocycles. The van der Waals surface area contributed by atoms with Crippen molar-refractivity contribution < 1.29 is 23.5 Å². The number of furan rings is 1. The summed E-state index contributed by atoms with van der Waals surface area (Å²) in [7, 11) is 1.31. The molecule has 112 valence electrons. The number of anilines is 1. The van der Waals surface area contributed by atoms with Crippen molar-refractivity contribution in [2.45, 2.75) is 26.4 Å². The van der Waals surface area contributed by atoms with Gasteiger partial charge in [0.15, 0.2) is 0 Å². The van der Waals surface area contributed by atoms with E-state index in [1.807, 2.05) is 0 Å². The number of fused-ring (bicyclic) bond motifs is 1. The molecular formula is C15H17NO5. The summed E-state index contributed by atoms with van der Waals surface area (Å²) in [6.07, 6.45) is 0.773. The van der Waals surface area contributed by atoms with Crippen LogP contribution in [0.15, 0.2) is 28.9 Å². The number of nitrogens with one attached hydrogen (secondary N) is 1. The fourth-order valence-corrected chi connectivity index (χ4v) is 1.80. The Hall–Kier alpha value is -2.50. The molecule has 0 fully saturated rings. The molecule has 0 saturated heterocycles. The average molecular weight is 291 g/mol. The lowest BCUT2D eigenvalue weighted by molar-refractivity contribution is 0.0599. The normalized spacial score (nSPS) is 11.2. The Morgan fingerprint density at radius 2 is 1.95 bits per heavy atom. The van der Waals surface area contributed by atoms with Gasteiger partial charge in [-0.25, -0.2) is 9.59 Å². The van der Waals surface area contributed by atoms with Gasteiger partial charge >= 0.3 is 12.1 Å². The quantitative estimate of drug-likeness (QED) is 0.856. The van der Waals surface area contributed by atoms with Crippen molar-refractivity contribution in [3.05, 3.63) is 30.0 Å². The minimum Gasteiger partial charge on any atom is -0.465 e. The first-order valence-corrected chi connectivity index (χ1v) is 6.40. The molecule has 2 rings (SSSR count). The van der Waals surface area contributed by atoms with Gasteiger partial charge in [0.1, 0.15) is 23.0 Å². The van der Waals surface area contributed by atoms with Crippen LogP contribution in [-0.4, -0.2) is 24.8 Å². The van der Waals surface area contributed by atoms with E-state index in [2.05, 4.69) is 10.1 Å². The molecule has 0 atom stereocenters. The average Bonchev–Trinajstić information content (AvgIpc) is 2.78. The number of ether oxygens (including phenoxy) is 2. The number of benzene rings is 1. The Morgan fingerprint density at radius 3 is 2.57 bits per heavy atom. The molecule has 1 aromatic heterocycles. The molecule has 1 aromatic carbocycles. The van der Waals surface area contributed by atoms with Crippen LogP contribution >= 0.6 is 0 Å². The van der Waals surface area contributed by atoms with Gasteiger partial charge in [-0.1, -0.05) is 0 Å². The van der Waals surface area contributed by atoms with Gasteiger partial charge in [-0.2, -0.15) is 0 Å². The summed E-state index contributed by atoms with van der Waals surface area (Å²) in [5, 5.41) is 3.23. The number of amides is 1. The van der Waals surface area contributed by atoms with E-state index in [4.69, 9.17) is 9.15 Å². The summed E-state index contributed by atoms with van der Waals surface area (Å²) >= 11 is 0. The van der Waals surface area contributed by atoms with Crippen LogP contribution < -0.4 is 5.32 Å². The highest BCUT2D eigenvalue weighted by atomic mass is 16.6. The van der Waals surface area contributed by atoms with E-state index in [1.54, 1.807) is 39.0 Å². The van der Waals surface area contributed by atoms with Crippen LogP contribution in [0.4, 0.5) is 10.5 Å². The lowest BCUT2D eigenvalue weighted by Gasteiger charge is -2.19. The summed E-state index contributed by atoms with van der Waals surface area (Å²) in [5.41, 5.74) is 0.763. The van der Waals surface area contributed by atoms with E-state index in [0.29, 0.717) is 22.2 Å². The highest BCUT2D eigenvalue weighted by Crippen LogP contribution is 2.25. The number of carbonyl (C=O) groups excluding carboxylic acids is 2. The van der Waals surface area contributed by atoms with E-state index < -0.39 is 17.7 Å². The van der Waals surface area contributed by atoms with Crippen molar-refractivity contribution in [3.8, 4) is 0 Å². The zero-order valence-electron chi connectivity index (χ0n) is 12.4. The van der Waals surface area contributed by atoms with Crippen LogP contribution in [0.1, 0.15) is 31.1 Å². The van der Waals surface area contributed by atoms with Crippen LogP contribution in [0.25, 0.3) is 11.0 Å². The van der Waals surface area contributed by atoms with Crippen molar-refractivity contribution >= 4 is 28.7 Å². The van der Waals surface area contributed by atoms with Crippen LogP contribution in [-0.2, 0) is 9.47 Å². The molecular weight excluding hydrogens is 274 g/mol. The second kappa shape index (κ2) is 5.47. The van der Waals surface area contributed by atoms with E-state index in [-0.39, 0.29) is 0 Å². The Kier molecular flexibility index (Phi) is 3.88. The van der Waals surface area contributed by atoms with E-state index in [0.717, 1.165) is 0 Å². The molecule has 6 nitrogen and oxygen atoms in total. The zero-order valence-corrected chi connectivity index (χ0v) is 12.4. The molecule has 0 unspecified atom stereocenters. The highest BCUT2D eigenvalue weighted by molar-refractivity contribution is 6.04. The largest absolute Gasteiger partial charge is 0.465 e. The molecule has 2 aromatic rings. The molecule has 0 radical (unpaired) electrons. The van der Waals surface area contributed by atoms with Crippen molar-refractivity contribution in [2.24, 2.45) is 0 Å². The molecule has 0 aliphatic heterocycles. The zero-order chi connectivity index (χ0) is 15.6. The number of hydrogen-bond donors (Lipinski definition) is 1. The predicted molar refractivity (Wildman–Crippen MR) is 77.4 cm³/mol. The van der Waals surface area contributed by atoms with Gasteiger partial charge in [-0.05, 0) is 32.9 Å². The molecule has 6 heteroatoms. The molecule has 0 spiro atoms. The van der Waals surface area contributed by atoms with Crippen LogP contribution in [0, 0.1) is 0 Å². The number of rotatable bonds is 2. The number of methoxy groups -OCH3 is 1. The molecule has 21 heavy (non-hydrogen) atoms. The number of carbonyl (C=O) groups is 2. The standard InChI is InChI=1S/C15H17NO5/c1-15(2,3)21-14(18)16-9-5-6-10-11(13(17)19-4)8-20-12(10)7-9/h5-8H,1-4H3,(H,16,18). The topological polar surface area (TPSA) is 77.8 Å². The second-order valence-electron chi connectivity index (χ2n) is 5.48. The van der Waals surface area contributed by atoms with Gasteiger partial charge in [0.2, 0.25) is 0 Å². The smallest absolute Gasteiger partial charge is 0.412 e. The van der Waals surface area contributed by atoms with Crippen LogP contribution in [0.5, 0.6) is 0 Å². The van der Waals surface area contributed by atoms with Crippen molar-refractivity contribution in [3.63, 3.8) is 0 Å². The van der Waals surface area contributed by atoms with E-state index in [9.17, 15) is 9.59 Å². The monoisotopic (exact) mass is 291 g/mol. The van der Waals surface area contributed by atoms with Crippen LogP contribution in [0.3, 0.4) is 0 Å². The molecule has 1 heterocycles. The van der Waals surface area contributed by atoms with Gasteiger partial charge in [-0.15, -0.1) is 0 Å². The SMILES string of the molecule is COC(=O)c1coc2cc(NC(=O)OC(C)(C)C)ccc12. The van der Waals surface area contributed by atoms with Gasteiger partial charge in [0.05, 0.1) is 7.11 Å². The summed E-state index contributed by atoms with van der Waals surface area (Å²) in [6, 6.07) is 4.96. The fraction of sp³-hybridized carbons (Fsp3) is 0.333. The summed E-state index contributed by atoms with van der Waals surface area (Å²) in [4.78, 5) is 23.2. The van der Waals surface area contributed by atoms with Crippen molar-refractivity contribution in [1.82, 2.24) is 0 Å². The number of hydrogen-bond acceptors (Lipinski definition) is 5. The summed E-state index contributed by atoms with van der Waals surface area (Å²) in [6.45, 7) is 5.35. The van der Waals surface area contributed by atoms with Gasteiger partial charge < -0.3 is 13.9 Å². The first kappa shape index (κ1) is 14.9. The van der Waals surface area contributed by atoms with Gasteiger partial charge in [-0.3, -0.25) is 5.32 Å². The first-order valence-electron chi connectivity index (χ1n) is 6.40. The van der Waals surface area contributed by atoms with Gasteiger partial charge in [0, 0.05) is 17.1 Å². The first-order chi connectivity index (χ1) is 9.80. The minimum atomic E-state index is -0.572. The third-order valence-corrected chi connectivity index (χ3v) is 2.63. The van der Waals surface area contributed by atoms with Gasteiger partial charge in [0.25, 0.3) is 0 Å². The Bertz CT molecular complexity index is 681. The van der Waals surface area contributed by atoms with Crippen molar-refractivity contribution in [1.29, 1.82) is 0 Å². The third-order valence-electron chi connectivity index (χ3n) is 2.63. The Balaban J connectivity index is 2.21. The second-order valence-corrected chi connectivity index (χ2v) is 5.48. The maximum atomic E-state index is 11.7. The predicted octanol–water partition coefficient (Wildman–Crippen LogP) is 3.57. The molecule has 1 amide bonds. The highest BCUT2D eigenvalue weighted by Gasteiger charge is 2.18. The summed E-state index contributed by atoms with van der Waals surface area (Å²) in [5.74, 6) is -0.471. The lowest BCUT2D eigenvalue weighted by atomic mass is 10.1. The summed E-state index contributed by atoms with van der Waals surface area (Å²) < 4.78 is 15.1. The Morgan fingerprint density at radius 1 is 1.24 bits per heavy atom. The molecule has 0 aliphatic rings. The van der Waals surface area contributed by atoms with E-state index in [1.165, 1.54) is 13.4 Å². The maximum Gasteiger partial charge on any atom is 0.412 e. The fourth-order valence-electron chi connectivity index (χ4n) is 1.80. The third kappa shape index (κ3) is 3.53. The number of esters is 1. The molecule has 0 bridgehead atoms. The maximum absolute atomic E-state index is 11.7. The van der Waals surface area contributed by atoms with Crippen LogP contribution in [0.2, 0.25) is 0 Å². The minimum absolute atomic E-state index is 0.344. The lowest BCUT2D eigenvalue weighted by Crippen LogP contribution is -2.27. The Labute approximate surface area is 122 Å². The van der Waals surface area contributed by atoms with E-state index >= 15 is 0 Å². The van der Waals surface area contributed by atoms with Crippen molar-refractivity contribution in [2.75, 3.05) is 12.4 Å². The molecule has 1 N–H and O–H groups in total.